The Labute approximate surface area is 185 Å². The van der Waals surface area contributed by atoms with E-state index in [4.69, 9.17) is 0 Å². The second-order valence-corrected chi connectivity index (χ2v) is 11.9. The Balaban J connectivity index is 1.84. The van der Waals surface area contributed by atoms with Crippen LogP contribution in [0.1, 0.15) is 45.2 Å². The van der Waals surface area contributed by atoms with Crippen molar-refractivity contribution in [3.8, 4) is 0 Å². The first-order chi connectivity index (χ1) is 14.7. The van der Waals surface area contributed by atoms with E-state index in [1.807, 2.05) is 11.8 Å². The third-order valence-corrected chi connectivity index (χ3v) is 8.25. The van der Waals surface area contributed by atoms with E-state index in [0.29, 0.717) is 18.2 Å². The van der Waals surface area contributed by atoms with Crippen molar-refractivity contribution >= 4 is 25.5 Å². The minimum atomic E-state index is -3.93. The van der Waals surface area contributed by atoms with Gasteiger partial charge >= 0.3 is 0 Å². The van der Waals surface area contributed by atoms with Crippen LogP contribution in [0, 0.1) is 5.92 Å². The number of sulfone groups is 1. The van der Waals surface area contributed by atoms with E-state index < -0.39 is 19.9 Å². The van der Waals surface area contributed by atoms with Gasteiger partial charge in [0.25, 0.3) is 0 Å². The zero-order valence-electron chi connectivity index (χ0n) is 18.4. The lowest BCUT2D eigenvalue weighted by molar-refractivity contribution is 0.368. The van der Waals surface area contributed by atoms with Crippen molar-refractivity contribution in [2.24, 2.45) is 5.92 Å². The van der Waals surface area contributed by atoms with Crippen LogP contribution < -0.4 is 9.62 Å². The maximum absolute atomic E-state index is 13.2. The van der Waals surface area contributed by atoms with Crippen LogP contribution in [-0.2, 0) is 33.0 Å². The second kappa shape index (κ2) is 9.70. The molecule has 1 aromatic heterocycles. The Kier molecular flexibility index (Phi) is 7.43. The molecule has 0 amide bonds. The molecule has 10 heteroatoms. The molecule has 31 heavy (non-hydrogen) atoms. The van der Waals surface area contributed by atoms with Crippen LogP contribution in [-0.4, -0.2) is 46.0 Å². The van der Waals surface area contributed by atoms with Gasteiger partial charge in [-0.05, 0) is 43.5 Å². The Morgan fingerprint density at radius 3 is 2.48 bits per heavy atom. The van der Waals surface area contributed by atoms with Gasteiger partial charge in [0, 0.05) is 32.1 Å². The smallest absolute Gasteiger partial charge is 0.243 e. The average molecular weight is 469 g/mol. The quantitative estimate of drug-likeness (QED) is 0.509. The predicted molar refractivity (Wildman–Crippen MR) is 121 cm³/mol. The lowest BCUT2D eigenvalue weighted by atomic mass is 9.93. The van der Waals surface area contributed by atoms with E-state index in [2.05, 4.69) is 16.7 Å². The lowest BCUT2D eigenvalue weighted by Crippen LogP contribution is -2.47. The van der Waals surface area contributed by atoms with Crippen LogP contribution in [0.3, 0.4) is 0 Å². The fourth-order valence-corrected chi connectivity index (χ4v) is 5.85. The molecule has 1 aromatic carbocycles. The molecule has 0 saturated carbocycles. The van der Waals surface area contributed by atoms with Crippen LogP contribution in [0.25, 0.3) is 0 Å². The van der Waals surface area contributed by atoms with Crippen LogP contribution in [0.4, 0.5) is 5.69 Å². The monoisotopic (exact) mass is 468 g/mol. The highest BCUT2D eigenvalue weighted by molar-refractivity contribution is 7.91. The molecule has 1 N–H and O–H groups in total. The molecule has 0 radical (unpaired) electrons. The largest absolute Gasteiger partial charge is 0.370 e. The fraction of sp³-hybridized carbons (Fsp3) is 0.571. The zero-order valence-corrected chi connectivity index (χ0v) is 20.0. The number of rotatable bonds is 11. The first kappa shape index (κ1) is 23.7. The molecule has 0 aliphatic carbocycles. The third kappa shape index (κ3) is 5.67. The summed E-state index contributed by atoms with van der Waals surface area (Å²) in [6, 6.07) is 6.13. The Bertz CT molecular complexity index is 1100. The number of benzene rings is 1. The van der Waals surface area contributed by atoms with Gasteiger partial charge in [0.05, 0.1) is 22.8 Å². The molecule has 172 valence electrons. The van der Waals surface area contributed by atoms with Gasteiger partial charge in [-0.2, -0.15) is 5.10 Å². The molecule has 0 atom stereocenters. The lowest BCUT2D eigenvalue weighted by Gasteiger charge is -2.42. The van der Waals surface area contributed by atoms with Crippen molar-refractivity contribution in [1.29, 1.82) is 0 Å². The molecule has 1 aliphatic rings. The van der Waals surface area contributed by atoms with Crippen LogP contribution in [0.5, 0.6) is 0 Å². The van der Waals surface area contributed by atoms with Crippen molar-refractivity contribution in [2.75, 3.05) is 24.2 Å². The Morgan fingerprint density at radius 1 is 1.10 bits per heavy atom. The van der Waals surface area contributed by atoms with Gasteiger partial charge < -0.3 is 4.90 Å². The summed E-state index contributed by atoms with van der Waals surface area (Å²) in [6.45, 7) is 6.39. The van der Waals surface area contributed by atoms with E-state index in [0.717, 1.165) is 31.5 Å². The van der Waals surface area contributed by atoms with Crippen molar-refractivity contribution in [2.45, 2.75) is 62.4 Å². The maximum atomic E-state index is 13.2. The van der Waals surface area contributed by atoms with Crippen LogP contribution in [0.2, 0.25) is 0 Å². The number of nitrogens with zero attached hydrogens (tertiary/aromatic N) is 3. The summed E-state index contributed by atoms with van der Waals surface area (Å²) in [5.74, 6) is 0.545. The van der Waals surface area contributed by atoms with Gasteiger partial charge in [-0.1, -0.05) is 26.2 Å². The second-order valence-electron chi connectivity index (χ2n) is 8.13. The SMILES string of the molecule is CCCCCC1CN(c2ccc(S(C)(=O)=O)cc2S(=O)(=O)NCc2ccnn2CC)C1. The van der Waals surface area contributed by atoms with E-state index in [-0.39, 0.29) is 16.3 Å². The molecule has 3 rings (SSSR count). The molecular formula is C21H32N4O4S2. The van der Waals surface area contributed by atoms with Gasteiger partial charge in [0.2, 0.25) is 10.0 Å². The van der Waals surface area contributed by atoms with E-state index in [9.17, 15) is 16.8 Å². The summed E-state index contributed by atoms with van der Waals surface area (Å²) >= 11 is 0. The summed E-state index contributed by atoms with van der Waals surface area (Å²) in [5.41, 5.74) is 1.29. The average Bonchev–Trinajstić information content (AvgIpc) is 3.15. The number of hydrogen-bond donors (Lipinski definition) is 1. The van der Waals surface area contributed by atoms with Gasteiger partial charge in [0.15, 0.2) is 9.84 Å². The normalized spacial score (nSPS) is 15.3. The molecule has 1 saturated heterocycles. The van der Waals surface area contributed by atoms with Gasteiger partial charge in [-0.25, -0.2) is 21.6 Å². The number of unbranched alkanes of at least 4 members (excludes halogenated alkanes) is 2. The molecule has 2 aromatic rings. The van der Waals surface area contributed by atoms with E-state index in [1.54, 1.807) is 23.0 Å². The summed E-state index contributed by atoms with van der Waals surface area (Å²) in [6.07, 6.45) is 7.40. The minimum Gasteiger partial charge on any atom is -0.370 e. The van der Waals surface area contributed by atoms with Crippen molar-refractivity contribution in [3.63, 3.8) is 0 Å². The minimum absolute atomic E-state index is 0.00440. The Hall–Kier alpha value is -1.91. The summed E-state index contributed by atoms with van der Waals surface area (Å²) < 4.78 is 54.9. The van der Waals surface area contributed by atoms with Gasteiger partial charge in [-0.15, -0.1) is 0 Å². The number of aromatic nitrogens is 2. The third-order valence-electron chi connectivity index (χ3n) is 5.71. The van der Waals surface area contributed by atoms with Crippen molar-refractivity contribution < 1.29 is 16.8 Å². The van der Waals surface area contributed by atoms with Crippen molar-refractivity contribution in [3.05, 3.63) is 36.2 Å². The first-order valence-corrected chi connectivity index (χ1v) is 14.1. The van der Waals surface area contributed by atoms with Crippen LogP contribution in [0.15, 0.2) is 40.3 Å². The first-order valence-electron chi connectivity index (χ1n) is 10.7. The van der Waals surface area contributed by atoms with Gasteiger partial charge in [0.1, 0.15) is 4.90 Å². The summed E-state index contributed by atoms with van der Waals surface area (Å²) in [4.78, 5) is 2.02. The summed E-state index contributed by atoms with van der Waals surface area (Å²) in [5, 5.41) is 4.16. The number of sulfonamides is 1. The molecule has 1 aliphatic heterocycles. The zero-order chi connectivity index (χ0) is 22.6. The standard InChI is InChI=1S/C21H32N4O4S2/c1-4-6-7-8-17-15-24(16-17)20-10-9-19(30(3,26)27)13-21(20)31(28,29)23-14-18-11-12-22-25(18)5-2/h9-13,17,23H,4-8,14-16H2,1-3H3. The molecule has 2 heterocycles. The molecule has 8 nitrogen and oxygen atoms in total. The molecular weight excluding hydrogens is 436 g/mol. The fourth-order valence-electron chi connectivity index (χ4n) is 3.88. The topological polar surface area (TPSA) is 101 Å². The van der Waals surface area contributed by atoms with Gasteiger partial charge in [-0.3, -0.25) is 4.68 Å². The number of aryl methyl sites for hydroxylation is 1. The van der Waals surface area contributed by atoms with E-state index >= 15 is 0 Å². The molecule has 0 spiro atoms. The number of nitrogens with one attached hydrogen (secondary N) is 1. The predicted octanol–water partition coefficient (Wildman–Crippen LogP) is 2.80. The number of anilines is 1. The summed E-state index contributed by atoms with van der Waals surface area (Å²) in [7, 11) is -7.47. The molecule has 1 fully saturated rings. The highest BCUT2D eigenvalue weighted by atomic mass is 32.2. The molecule has 0 bridgehead atoms. The molecule has 0 unspecified atom stereocenters. The Morgan fingerprint density at radius 2 is 1.84 bits per heavy atom. The highest BCUT2D eigenvalue weighted by Crippen LogP contribution is 2.34. The van der Waals surface area contributed by atoms with Crippen molar-refractivity contribution in [1.82, 2.24) is 14.5 Å². The van der Waals surface area contributed by atoms with E-state index in [1.165, 1.54) is 31.4 Å². The number of hydrogen-bond acceptors (Lipinski definition) is 6. The van der Waals surface area contributed by atoms with Crippen LogP contribution >= 0.6 is 0 Å². The maximum Gasteiger partial charge on any atom is 0.243 e. The highest BCUT2D eigenvalue weighted by Gasteiger charge is 2.31.